The smallest absolute Gasteiger partial charge is 0.191 e. The van der Waals surface area contributed by atoms with E-state index in [1.165, 1.54) is 5.71 Å². The van der Waals surface area contributed by atoms with Crippen LogP contribution in [0.3, 0.4) is 0 Å². The van der Waals surface area contributed by atoms with E-state index in [-0.39, 0.29) is 0 Å². The number of rotatable bonds is 2. The van der Waals surface area contributed by atoms with Gasteiger partial charge >= 0.3 is 0 Å². The summed E-state index contributed by atoms with van der Waals surface area (Å²) < 4.78 is 0. The third-order valence-corrected chi connectivity index (χ3v) is 3.10. The van der Waals surface area contributed by atoms with Crippen LogP contribution in [0.25, 0.3) is 0 Å². The summed E-state index contributed by atoms with van der Waals surface area (Å²) >= 11 is 5.19. The summed E-state index contributed by atoms with van der Waals surface area (Å²) in [7, 11) is 2.13. The highest BCUT2D eigenvalue weighted by molar-refractivity contribution is 7.80. The van der Waals surface area contributed by atoms with Gasteiger partial charge in [0.1, 0.15) is 0 Å². The van der Waals surface area contributed by atoms with Gasteiger partial charge in [-0.3, -0.25) is 5.43 Å². The second-order valence-electron chi connectivity index (χ2n) is 4.41. The van der Waals surface area contributed by atoms with E-state index < -0.39 is 0 Å². The van der Waals surface area contributed by atoms with Crippen molar-refractivity contribution in [1.82, 2.24) is 10.3 Å². The van der Waals surface area contributed by atoms with Gasteiger partial charge in [-0.05, 0) is 31.4 Å². The van der Waals surface area contributed by atoms with Crippen molar-refractivity contribution in [3.05, 3.63) is 30.3 Å². The van der Waals surface area contributed by atoms with E-state index in [0.29, 0.717) is 5.11 Å². The number of thiocarbonyl (C=S) groups is 1. The summed E-state index contributed by atoms with van der Waals surface area (Å²) in [5.74, 6) is 0. The molecule has 96 valence electrons. The number of nitrogens with zero attached hydrogens (tertiary/aromatic N) is 2. The van der Waals surface area contributed by atoms with Crippen LogP contribution in [0.1, 0.15) is 12.8 Å². The first-order valence-electron chi connectivity index (χ1n) is 6.10. The molecular weight excluding hydrogens is 244 g/mol. The second-order valence-corrected chi connectivity index (χ2v) is 4.82. The average Bonchev–Trinajstić information content (AvgIpc) is 2.39. The molecule has 18 heavy (non-hydrogen) atoms. The van der Waals surface area contributed by atoms with Gasteiger partial charge in [0.15, 0.2) is 5.11 Å². The van der Waals surface area contributed by atoms with Crippen molar-refractivity contribution in [3.63, 3.8) is 0 Å². The molecule has 1 heterocycles. The zero-order valence-electron chi connectivity index (χ0n) is 10.5. The molecule has 1 aliphatic heterocycles. The van der Waals surface area contributed by atoms with Gasteiger partial charge in [-0.25, -0.2) is 0 Å². The summed E-state index contributed by atoms with van der Waals surface area (Å²) in [5.41, 5.74) is 5.06. The molecule has 4 nitrogen and oxygen atoms in total. The van der Waals surface area contributed by atoms with E-state index >= 15 is 0 Å². The van der Waals surface area contributed by atoms with Crippen LogP contribution < -0.4 is 10.7 Å². The first-order chi connectivity index (χ1) is 8.74. The van der Waals surface area contributed by atoms with Crippen LogP contribution in [0.2, 0.25) is 0 Å². The molecular formula is C13H18N4S. The van der Waals surface area contributed by atoms with Crippen LogP contribution in [-0.4, -0.2) is 35.9 Å². The van der Waals surface area contributed by atoms with E-state index in [9.17, 15) is 0 Å². The SMILES string of the molecule is CN1CCC(=NNC(=S)Nc2ccccc2)CC1. The molecule has 0 atom stereocenters. The lowest BCUT2D eigenvalue weighted by molar-refractivity contribution is 0.335. The highest BCUT2D eigenvalue weighted by Crippen LogP contribution is 2.06. The maximum Gasteiger partial charge on any atom is 0.191 e. The Morgan fingerprint density at radius 2 is 1.89 bits per heavy atom. The van der Waals surface area contributed by atoms with Gasteiger partial charge < -0.3 is 10.2 Å². The Labute approximate surface area is 113 Å². The maximum absolute atomic E-state index is 5.19. The number of nitrogens with one attached hydrogen (secondary N) is 2. The first kappa shape index (κ1) is 13.0. The minimum absolute atomic E-state index is 0.535. The lowest BCUT2D eigenvalue weighted by Crippen LogP contribution is -2.32. The number of likely N-dealkylation sites (tertiary alicyclic amines) is 1. The molecule has 1 saturated heterocycles. The van der Waals surface area contributed by atoms with Crippen LogP contribution in [0.15, 0.2) is 35.4 Å². The van der Waals surface area contributed by atoms with Gasteiger partial charge in [0.2, 0.25) is 0 Å². The zero-order chi connectivity index (χ0) is 12.8. The van der Waals surface area contributed by atoms with Gasteiger partial charge in [0.05, 0.1) is 0 Å². The second kappa shape index (κ2) is 6.47. The third-order valence-electron chi connectivity index (χ3n) is 2.91. The molecule has 2 rings (SSSR count). The molecule has 0 radical (unpaired) electrons. The van der Waals surface area contributed by atoms with Crippen molar-refractivity contribution in [2.75, 3.05) is 25.5 Å². The van der Waals surface area contributed by atoms with Crippen molar-refractivity contribution in [2.45, 2.75) is 12.8 Å². The Hall–Kier alpha value is -1.46. The van der Waals surface area contributed by atoms with Crippen molar-refractivity contribution >= 4 is 28.7 Å². The van der Waals surface area contributed by atoms with E-state index in [1.807, 2.05) is 30.3 Å². The number of hydrogen-bond acceptors (Lipinski definition) is 3. The molecule has 5 heteroatoms. The topological polar surface area (TPSA) is 39.7 Å². The lowest BCUT2D eigenvalue weighted by atomic mass is 10.1. The summed E-state index contributed by atoms with van der Waals surface area (Å²) in [4.78, 5) is 2.31. The highest BCUT2D eigenvalue weighted by Gasteiger charge is 2.10. The predicted molar refractivity (Wildman–Crippen MR) is 80.0 cm³/mol. The minimum Gasteiger partial charge on any atom is -0.331 e. The molecule has 0 aliphatic carbocycles. The first-order valence-corrected chi connectivity index (χ1v) is 6.51. The van der Waals surface area contributed by atoms with Gasteiger partial charge in [-0.2, -0.15) is 5.10 Å². The van der Waals surface area contributed by atoms with Crippen LogP contribution in [0.5, 0.6) is 0 Å². The molecule has 1 aliphatic rings. The van der Waals surface area contributed by atoms with Crippen LogP contribution >= 0.6 is 12.2 Å². The Balaban J connectivity index is 1.80. The number of hydrazone groups is 1. The van der Waals surface area contributed by atoms with Gasteiger partial charge in [0.25, 0.3) is 0 Å². The fourth-order valence-electron chi connectivity index (χ4n) is 1.80. The molecule has 1 aromatic carbocycles. The number of hydrogen-bond donors (Lipinski definition) is 2. The number of para-hydroxylation sites is 1. The molecule has 0 aromatic heterocycles. The number of piperidine rings is 1. The highest BCUT2D eigenvalue weighted by atomic mass is 32.1. The Morgan fingerprint density at radius 3 is 2.56 bits per heavy atom. The monoisotopic (exact) mass is 262 g/mol. The molecule has 1 aromatic rings. The minimum atomic E-state index is 0.535. The quantitative estimate of drug-likeness (QED) is 0.632. The third kappa shape index (κ3) is 4.09. The summed E-state index contributed by atoms with van der Waals surface area (Å²) in [6.07, 6.45) is 2.02. The Kier molecular flexibility index (Phi) is 4.66. The van der Waals surface area contributed by atoms with Crippen molar-refractivity contribution in [2.24, 2.45) is 5.10 Å². The van der Waals surface area contributed by atoms with Gasteiger partial charge in [-0.1, -0.05) is 18.2 Å². The van der Waals surface area contributed by atoms with E-state index in [1.54, 1.807) is 0 Å². The predicted octanol–water partition coefficient (Wildman–Crippen LogP) is 2.05. The van der Waals surface area contributed by atoms with Crippen LogP contribution in [0.4, 0.5) is 5.69 Å². The fraction of sp³-hybridized carbons (Fsp3) is 0.385. The summed E-state index contributed by atoms with van der Waals surface area (Å²) in [5, 5.41) is 7.98. The molecule has 0 saturated carbocycles. The summed E-state index contributed by atoms with van der Waals surface area (Å²) in [6, 6.07) is 9.84. The average molecular weight is 262 g/mol. The van der Waals surface area contributed by atoms with Crippen LogP contribution in [-0.2, 0) is 0 Å². The number of benzene rings is 1. The van der Waals surface area contributed by atoms with E-state index in [2.05, 4.69) is 27.8 Å². The maximum atomic E-state index is 5.19. The fourth-order valence-corrected chi connectivity index (χ4v) is 1.96. The van der Waals surface area contributed by atoms with Crippen molar-refractivity contribution in [1.29, 1.82) is 0 Å². The number of anilines is 1. The van der Waals surface area contributed by atoms with E-state index in [0.717, 1.165) is 31.6 Å². The lowest BCUT2D eigenvalue weighted by Gasteiger charge is -2.22. The molecule has 1 fully saturated rings. The van der Waals surface area contributed by atoms with Crippen LogP contribution in [0, 0.1) is 0 Å². The molecule has 0 bridgehead atoms. The van der Waals surface area contributed by atoms with Gasteiger partial charge in [0, 0.05) is 37.3 Å². The Morgan fingerprint density at radius 1 is 1.22 bits per heavy atom. The van der Waals surface area contributed by atoms with Crippen molar-refractivity contribution < 1.29 is 0 Å². The Bertz CT molecular complexity index is 420. The van der Waals surface area contributed by atoms with Crippen molar-refractivity contribution in [3.8, 4) is 0 Å². The summed E-state index contributed by atoms with van der Waals surface area (Å²) in [6.45, 7) is 2.14. The zero-order valence-corrected chi connectivity index (χ0v) is 11.3. The van der Waals surface area contributed by atoms with E-state index in [4.69, 9.17) is 12.2 Å². The largest absolute Gasteiger partial charge is 0.331 e. The molecule has 0 unspecified atom stereocenters. The molecule has 0 amide bonds. The van der Waals surface area contributed by atoms with Gasteiger partial charge in [-0.15, -0.1) is 0 Å². The molecule has 2 N–H and O–H groups in total. The molecule has 0 spiro atoms. The normalized spacial score (nSPS) is 16.2. The standard InChI is InChI=1S/C13H18N4S/c1-17-9-7-12(8-10-17)15-16-13(18)14-11-5-3-2-4-6-11/h2-6H,7-10H2,1H3,(H2,14,16,18).